The number of ether oxygens (including phenoxy) is 1. The summed E-state index contributed by atoms with van der Waals surface area (Å²) in [4.78, 5) is 16.2. The second-order valence-corrected chi connectivity index (χ2v) is 5.68. The zero-order valence-electron chi connectivity index (χ0n) is 14.5. The van der Waals surface area contributed by atoms with Crippen molar-refractivity contribution in [2.45, 2.75) is 6.54 Å². The van der Waals surface area contributed by atoms with Gasteiger partial charge in [0.15, 0.2) is 0 Å². The number of hydrogen-bond donors (Lipinski definition) is 2. The van der Waals surface area contributed by atoms with Crippen molar-refractivity contribution >= 4 is 17.4 Å². The van der Waals surface area contributed by atoms with Crippen LogP contribution >= 0.6 is 0 Å². The lowest BCUT2D eigenvalue weighted by atomic mass is 10.2. The van der Waals surface area contributed by atoms with Crippen LogP contribution in [0.4, 0.5) is 20.3 Å². The molecule has 27 heavy (non-hydrogen) atoms. The van der Waals surface area contributed by atoms with Crippen molar-refractivity contribution in [3.8, 4) is 5.75 Å². The van der Waals surface area contributed by atoms with E-state index in [1.54, 1.807) is 7.11 Å². The summed E-state index contributed by atoms with van der Waals surface area (Å²) < 4.78 is 32.4. The average Bonchev–Trinajstić information content (AvgIpc) is 2.70. The smallest absolute Gasteiger partial charge is 0.253 e. The van der Waals surface area contributed by atoms with Gasteiger partial charge < -0.3 is 15.4 Å². The lowest BCUT2D eigenvalue weighted by Crippen LogP contribution is -2.22. The fraction of sp³-hybridized carbons (Fsp3) is 0.100. The molecule has 0 spiro atoms. The molecule has 2 aromatic carbocycles. The van der Waals surface area contributed by atoms with Gasteiger partial charge in [0.2, 0.25) is 0 Å². The van der Waals surface area contributed by atoms with Gasteiger partial charge in [0.25, 0.3) is 5.91 Å². The van der Waals surface area contributed by atoms with E-state index in [0.717, 1.165) is 23.4 Å². The number of hydrogen-bond acceptors (Lipinski definition) is 4. The van der Waals surface area contributed by atoms with E-state index >= 15 is 0 Å². The molecule has 0 atom stereocenters. The Morgan fingerprint density at radius 2 is 1.74 bits per heavy atom. The van der Waals surface area contributed by atoms with Crippen molar-refractivity contribution in [1.29, 1.82) is 0 Å². The van der Waals surface area contributed by atoms with Gasteiger partial charge in [-0.05, 0) is 42.0 Å². The van der Waals surface area contributed by atoms with Crippen LogP contribution < -0.4 is 15.4 Å². The Hall–Kier alpha value is -3.48. The zero-order valence-corrected chi connectivity index (χ0v) is 14.5. The highest BCUT2D eigenvalue weighted by atomic mass is 19.1. The molecule has 0 aliphatic heterocycles. The molecule has 1 amide bonds. The number of nitrogens with zero attached hydrogens (tertiary/aromatic N) is 1. The molecule has 0 aliphatic carbocycles. The number of benzene rings is 2. The molecule has 3 rings (SSSR count). The predicted octanol–water partition coefficient (Wildman–Crippen LogP) is 4.04. The largest absolute Gasteiger partial charge is 0.497 e. The summed E-state index contributed by atoms with van der Waals surface area (Å²) in [6.07, 6.45) is 1.34. The fourth-order valence-electron chi connectivity index (χ4n) is 2.38. The van der Waals surface area contributed by atoms with Crippen LogP contribution in [0.25, 0.3) is 0 Å². The predicted molar refractivity (Wildman–Crippen MR) is 98.0 cm³/mol. The van der Waals surface area contributed by atoms with Crippen molar-refractivity contribution in [2.75, 3.05) is 12.4 Å². The normalized spacial score (nSPS) is 10.3. The minimum Gasteiger partial charge on any atom is -0.497 e. The van der Waals surface area contributed by atoms with Crippen LogP contribution in [-0.2, 0) is 6.54 Å². The molecule has 0 fully saturated rings. The van der Waals surface area contributed by atoms with Gasteiger partial charge in [-0.25, -0.2) is 13.8 Å². The molecule has 0 saturated carbocycles. The Morgan fingerprint density at radius 1 is 1.04 bits per heavy atom. The number of anilines is 2. The number of methoxy groups -OCH3 is 1. The lowest BCUT2D eigenvalue weighted by molar-refractivity contribution is 0.0950. The van der Waals surface area contributed by atoms with Crippen LogP contribution in [0.3, 0.4) is 0 Å². The number of nitrogens with one attached hydrogen (secondary N) is 2. The molecular formula is C20H17F2N3O2. The van der Waals surface area contributed by atoms with E-state index in [1.807, 2.05) is 24.3 Å². The first-order chi connectivity index (χ1) is 13.1. The van der Waals surface area contributed by atoms with Crippen molar-refractivity contribution < 1.29 is 18.3 Å². The highest BCUT2D eigenvalue weighted by Crippen LogP contribution is 2.22. The van der Waals surface area contributed by atoms with Crippen LogP contribution in [-0.4, -0.2) is 18.0 Å². The number of halogens is 2. The SMILES string of the molecule is COc1ccc(CNC(=O)c2ccc(Nc3c(F)cccc3F)nc2)cc1. The number of carbonyl (C=O) groups excluding carboxylic acids is 1. The van der Waals surface area contributed by atoms with Gasteiger partial charge in [-0.2, -0.15) is 0 Å². The first-order valence-electron chi connectivity index (χ1n) is 8.15. The van der Waals surface area contributed by atoms with E-state index in [-0.39, 0.29) is 17.4 Å². The molecule has 1 aromatic heterocycles. The van der Waals surface area contributed by atoms with Gasteiger partial charge in [0.1, 0.15) is 28.9 Å². The topological polar surface area (TPSA) is 63.2 Å². The van der Waals surface area contributed by atoms with Crippen LogP contribution in [0.5, 0.6) is 5.75 Å². The number of aromatic nitrogens is 1. The lowest BCUT2D eigenvalue weighted by Gasteiger charge is -2.09. The maximum Gasteiger partial charge on any atom is 0.253 e. The van der Waals surface area contributed by atoms with Crippen LogP contribution in [0.15, 0.2) is 60.8 Å². The van der Waals surface area contributed by atoms with Crippen molar-refractivity contribution in [3.05, 3.63) is 83.6 Å². The second-order valence-electron chi connectivity index (χ2n) is 5.68. The molecule has 0 unspecified atom stereocenters. The zero-order chi connectivity index (χ0) is 19.2. The third-order valence-electron chi connectivity index (χ3n) is 3.85. The molecule has 0 bridgehead atoms. The number of carbonyl (C=O) groups is 1. The monoisotopic (exact) mass is 369 g/mol. The molecule has 2 N–H and O–H groups in total. The molecular weight excluding hydrogens is 352 g/mol. The molecule has 0 aliphatic rings. The third-order valence-corrected chi connectivity index (χ3v) is 3.85. The summed E-state index contributed by atoms with van der Waals surface area (Å²) in [5.41, 5.74) is 0.968. The highest BCUT2D eigenvalue weighted by Gasteiger charge is 2.10. The van der Waals surface area contributed by atoms with Gasteiger partial charge >= 0.3 is 0 Å². The average molecular weight is 369 g/mol. The summed E-state index contributed by atoms with van der Waals surface area (Å²) in [6, 6.07) is 13.9. The third kappa shape index (κ3) is 4.58. The van der Waals surface area contributed by atoms with E-state index in [4.69, 9.17) is 4.74 Å². The van der Waals surface area contributed by atoms with Crippen molar-refractivity contribution in [1.82, 2.24) is 10.3 Å². The minimum absolute atomic E-state index is 0.228. The Labute approximate surface area is 155 Å². The van der Waals surface area contributed by atoms with E-state index in [1.165, 1.54) is 24.4 Å². The quantitative estimate of drug-likeness (QED) is 0.688. The van der Waals surface area contributed by atoms with Gasteiger partial charge in [-0.3, -0.25) is 4.79 Å². The van der Waals surface area contributed by atoms with Crippen molar-refractivity contribution in [3.63, 3.8) is 0 Å². The summed E-state index contributed by atoms with van der Waals surface area (Å²) in [6.45, 7) is 0.350. The fourth-order valence-corrected chi connectivity index (χ4v) is 2.38. The van der Waals surface area contributed by atoms with Crippen LogP contribution in [0.2, 0.25) is 0 Å². The molecule has 1 heterocycles. The maximum absolute atomic E-state index is 13.7. The molecule has 3 aromatic rings. The summed E-state index contributed by atoms with van der Waals surface area (Å²) in [5, 5.41) is 5.35. The van der Waals surface area contributed by atoms with Gasteiger partial charge in [-0.1, -0.05) is 18.2 Å². The Kier molecular flexibility index (Phi) is 5.61. The Balaban J connectivity index is 1.61. The first-order valence-corrected chi connectivity index (χ1v) is 8.15. The van der Waals surface area contributed by atoms with E-state index in [9.17, 15) is 13.6 Å². The second kappa shape index (κ2) is 8.27. The summed E-state index contributed by atoms with van der Waals surface area (Å²) >= 11 is 0. The first kappa shape index (κ1) is 18.3. The molecule has 0 radical (unpaired) electrons. The molecule has 5 nitrogen and oxygen atoms in total. The van der Waals surface area contributed by atoms with E-state index < -0.39 is 11.6 Å². The Bertz CT molecular complexity index is 909. The number of amides is 1. The summed E-state index contributed by atoms with van der Waals surface area (Å²) in [5.74, 6) is -0.785. The standard InChI is InChI=1S/C20H17F2N3O2/c1-27-15-8-5-13(6-9-15)11-24-20(26)14-7-10-18(23-12-14)25-19-16(21)3-2-4-17(19)22/h2-10,12H,11H2,1H3,(H,23,25)(H,24,26). The molecule has 7 heteroatoms. The van der Waals surface area contributed by atoms with Gasteiger partial charge in [-0.15, -0.1) is 0 Å². The van der Waals surface area contributed by atoms with Gasteiger partial charge in [0, 0.05) is 12.7 Å². The van der Waals surface area contributed by atoms with E-state index in [0.29, 0.717) is 12.1 Å². The number of rotatable bonds is 6. The van der Waals surface area contributed by atoms with Crippen LogP contribution in [0.1, 0.15) is 15.9 Å². The van der Waals surface area contributed by atoms with Crippen molar-refractivity contribution in [2.24, 2.45) is 0 Å². The maximum atomic E-state index is 13.7. The van der Waals surface area contributed by atoms with Gasteiger partial charge in [0.05, 0.1) is 12.7 Å². The van der Waals surface area contributed by atoms with Crippen LogP contribution in [0, 0.1) is 11.6 Å². The highest BCUT2D eigenvalue weighted by molar-refractivity contribution is 5.94. The summed E-state index contributed by atoms with van der Waals surface area (Å²) in [7, 11) is 1.59. The molecule has 0 saturated heterocycles. The number of pyridine rings is 1. The molecule has 138 valence electrons. The van der Waals surface area contributed by atoms with E-state index in [2.05, 4.69) is 15.6 Å². The minimum atomic E-state index is -0.724. The Morgan fingerprint density at radius 3 is 2.33 bits per heavy atom. The number of para-hydroxylation sites is 1.